The van der Waals surface area contributed by atoms with E-state index in [4.69, 9.17) is 0 Å². The second-order valence-corrected chi connectivity index (χ2v) is 6.97. The van der Waals surface area contributed by atoms with Gasteiger partial charge in [-0.15, -0.1) is 23.1 Å². The summed E-state index contributed by atoms with van der Waals surface area (Å²) in [5.41, 5.74) is 2.17. The summed E-state index contributed by atoms with van der Waals surface area (Å²) in [6.07, 6.45) is 0. The quantitative estimate of drug-likeness (QED) is 0.532. The predicted molar refractivity (Wildman–Crippen MR) is 91.6 cm³/mol. The fraction of sp³-hybridized carbons (Fsp3) is 0.118. The predicted octanol–water partition coefficient (Wildman–Crippen LogP) is 4.82. The number of benzene rings is 2. The SMILES string of the molecule is Cc1nc(-c2ccccc2)sc1CSc1ccc(O)c(O)c1. The van der Waals surface area contributed by atoms with Gasteiger partial charge in [0.05, 0.1) is 5.69 Å². The fourth-order valence-corrected chi connectivity index (χ4v) is 4.15. The molecule has 0 radical (unpaired) electrons. The highest BCUT2D eigenvalue weighted by molar-refractivity contribution is 7.98. The van der Waals surface area contributed by atoms with Crippen LogP contribution in [0.4, 0.5) is 0 Å². The molecule has 0 saturated carbocycles. The Balaban J connectivity index is 1.76. The third-order valence-corrected chi connectivity index (χ3v) is 5.64. The Labute approximate surface area is 137 Å². The summed E-state index contributed by atoms with van der Waals surface area (Å²) in [6.45, 7) is 2.02. The van der Waals surface area contributed by atoms with E-state index in [9.17, 15) is 10.2 Å². The number of rotatable bonds is 4. The Hall–Kier alpha value is -1.98. The van der Waals surface area contributed by atoms with Crippen LogP contribution in [0.5, 0.6) is 11.5 Å². The van der Waals surface area contributed by atoms with Gasteiger partial charge in [-0.2, -0.15) is 0 Å². The summed E-state index contributed by atoms with van der Waals surface area (Å²) in [5, 5.41) is 19.9. The van der Waals surface area contributed by atoms with Crippen LogP contribution in [0.25, 0.3) is 10.6 Å². The van der Waals surface area contributed by atoms with Gasteiger partial charge in [-0.05, 0) is 25.1 Å². The van der Waals surface area contributed by atoms with E-state index >= 15 is 0 Å². The maximum Gasteiger partial charge on any atom is 0.158 e. The van der Waals surface area contributed by atoms with E-state index in [2.05, 4.69) is 17.1 Å². The maximum absolute atomic E-state index is 9.53. The molecule has 0 bridgehead atoms. The summed E-state index contributed by atoms with van der Waals surface area (Å²) in [4.78, 5) is 6.78. The highest BCUT2D eigenvalue weighted by Gasteiger charge is 2.10. The normalized spacial score (nSPS) is 10.8. The van der Waals surface area contributed by atoms with Crippen LogP contribution in [0.1, 0.15) is 10.6 Å². The van der Waals surface area contributed by atoms with Gasteiger partial charge in [-0.1, -0.05) is 30.3 Å². The van der Waals surface area contributed by atoms with Crippen molar-refractivity contribution in [2.45, 2.75) is 17.6 Å². The summed E-state index contributed by atoms with van der Waals surface area (Å²) in [7, 11) is 0. The third kappa shape index (κ3) is 3.26. The number of aryl methyl sites for hydroxylation is 1. The van der Waals surface area contributed by atoms with Crippen molar-refractivity contribution in [3.05, 3.63) is 59.1 Å². The molecule has 1 aromatic heterocycles. The molecular weight excluding hydrogens is 314 g/mol. The summed E-state index contributed by atoms with van der Waals surface area (Å²) < 4.78 is 0. The average Bonchev–Trinajstić information content (AvgIpc) is 2.90. The number of hydrogen-bond donors (Lipinski definition) is 2. The summed E-state index contributed by atoms with van der Waals surface area (Å²) >= 11 is 3.31. The van der Waals surface area contributed by atoms with Crippen LogP contribution in [0.3, 0.4) is 0 Å². The van der Waals surface area contributed by atoms with Gasteiger partial charge in [-0.25, -0.2) is 4.98 Å². The molecule has 0 aliphatic heterocycles. The number of thioether (sulfide) groups is 1. The number of hydrogen-bond acceptors (Lipinski definition) is 5. The molecule has 2 N–H and O–H groups in total. The van der Waals surface area contributed by atoms with Crippen molar-refractivity contribution >= 4 is 23.1 Å². The molecule has 3 rings (SSSR count). The van der Waals surface area contributed by atoms with Gasteiger partial charge in [0.1, 0.15) is 5.01 Å². The molecule has 0 aliphatic rings. The topological polar surface area (TPSA) is 53.4 Å². The molecule has 0 unspecified atom stereocenters. The zero-order chi connectivity index (χ0) is 15.5. The van der Waals surface area contributed by atoms with E-state index in [0.717, 1.165) is 26.9 Å². The Bertz CT molecular complexity index is 785. The highest BCUT2D eigenvalue weighted by atomic mass is 32.2. The van der Waals surface area contributed by atoms with Crippen LogP contribution in [0, 0.1) is 6.92 Å². The van der Waals surface area contributed by atoms with E-state index in [1.165, 1.54) is 10.9 Å². The van der Waals surface area contributed by atoms with E-state index in [0.29, 0.717) is 0 Å². The first-order valence-corrected chi connectivity index (χ1v) is 8.60. The van der Waals surface area contributed by atoms with Crippen molar-refractivity contribution in [2.75, 3.05) is 0 Å². The minimum atomic E-state index is -0.0929. The van der Waals surface area contributed by atoms with Gasteiger partial charge in [0.15, 0.2) is 11.5 Å². The van der Waals surface area contributed by atoms with Crippen molar-refractivity contribution in [3.63, 3.8) is 0 Å². The minimum Gasteiger partial charge on any atom is -0.504 e. The number of thiazole rings is 1. The van der Waals surface area contributed by atoms with Crippen molar-refractivity contribution < 1.29 is 10.2 Å². The molecule has 1 heterocycles. The first-order chi connectivity index (χ1) is 10.6. The summed E-state index contributed by atoms with van der Waals surface area (Å²) in [6, 6.07) is 15.0. The third-order valence-electron chi connectivity index (χ3n) is 3.23. The fourth-order valence-electron chi connectivity index (χ4n) is 2.01. The average molecular weight is 329 g/mol. The van der Waals surface area contributed by atoms with Gasteiger partial charge >= 0.3 is 0 Å². The van der Waals surface area contributed by atoms with Gasteiger partial charge in [0, 0.05) is 21.1 Å². The van der Waals surface area contributed by atoms with Crippen LogP contribution in [0.2, 0.25) is 0 Å². The summed E-state index contributed by atoms with van der Waals surface area (Å²) in [5.74, 6) is 0.612. The van der Waals surface area contributed by atoms with E-state index in [1.807, 2.05) is 25.1 Å². The maximum atomic E-state index is 9.53. The zero-order valence-electron chi connectivity index (χ0n) is 12.0. The number of phenols is 2. The van der Waals surface area contributed by atoms with Crippen LogP contribution in [0.15, 0.2) is 53.4 Å². The molecule has 5 heteroatoms. The molecular formula is C17H15NO2S2. The lowest BCUT2D eigenvalue weighted by molar-refractivity contribution is 0.402. The van der Waals surface area contributed by atoms with Crippen molar-refractivity contribution in [2.24, 2.45) is 0 Å². The molecule has 0 fully saturated rings. The lowest BCUT2D eigenvalue weighted by Crippen LogP contribution is -1.81. The molecule has 0 atom stereocenters. The molecule has 3 nitrogen and oxygen atoms in total. The van der Waals surface area contributed by atoms with Crippen LogP contribution < -0.4 is 0 Å². The van der Waals surface area contributed by atoms with Crippen molar-refractivity contribution in [1.82, 2.24) is 4.98 Å². The first-order valence-electron chi connectivity index (χ1n) is 6.80. The Morgan fingerprint density at radius 1 is 1.05 bits per heavy atom. The van der Waals surface area contributed by atoms with Crippen molar-refractivity contribution in [3.8, 4) is 22.1 Å². The molecule has 2 aromatic carbocycles. The zero-order valence-corrected chi connectivity index (χ0v) is 13.6. The van der Waals surface area contributed by atoms with E-state index < -0.39 is 0 Å². The smallest absolute Gasteiger partial charge is 0.158 e. The lowest BCUT2D eigenvalue weighted by Gasteiger charge is -2.02. The number of phenolic OH excluding ortho intramolecular Hbond substituents is 2. The second-order valence-electron chi connectivity index (χ2n) is 4.83. The molecule has 0 saturated heterocycles. The number of nitrogens with zero attached hydrogens (tertiary/aromatic N) is 1. The first kappa shape index (κ1) is 14.9. The molecule has 0 amide bonds. The minimum absolute atomic E-state index is 0.0870. The Morgan fingerprint density at radius 2 is 1.82 bits per heavy atom. The van der Waals surface area contributed by atoms with Gasteiger partial charge < -0.3 is 10.2 Å². The molecule has 0 spiro atoms. The van der Waals surface area contributed by atoms with E-state index in [-0.39, 0.29) is 11.5 Å². The van der Waals surface area contributed by atoms with Crippen LogP contribution in [-0.2, 0) is 5.75 Å². The van der Waals surface area contributed by atoms with Crippen molar-refractivity contribution in [1.29, 1.82) is 0 Å². The van der Waals surface area contributed by atoms with Gasteiger partial charge in [0.25, 0.3) is 0 Å². The van der Waals surface area contributed by atoms with E-state index in [1.54, 1.807) is 35.2 Å². The Kier molecular flexibility index (Phi) is 4.36. The molecule has 3 aromatic rings. The molecule has 112 valence electrons. The van der Waals surface area contributed by atoms with Gasteiger partial charge in [-0.3, -0.25) is 0 Å². The number of aromatic hydroxyl groups is 2. The number of aromatic nitrogens is 1. The van der Waals surface area contributed by atoms with Crippen LogP contribution >= 0.6 is 23.1 Å². The highest BCUT2D eigenvalue weighted by Crippen LogP contribution is 2.35. The van der Waals surface area contributed by atoms with Crippen LogP contribution in [-0.4, -0.2) is 15.2 Å². The standard InChI is InChI=1S/C17H15NO2S2/c1-11-16(10-21-13-7-8-14(19)15(20)9-13)22-17(18-11)12-5-3-2-4-6-12/h2-9,19-20H,10H2,1H3. The second kappa shape index (κ2) is 6.42. The lowest BCUT2D eigenvalue weighted by atomic mass is 10.2. The van der Waals surface area contributed by atoms with Gasteiger partial charge in [0.2, 0.25) is 0 Å². The monoisotopic (exact) mass is 329 g/mol. The molecule has 22 heavy (non-hydrogen) atoms. The Morgan fingerprint density at radius 3 is 2.55 bits per heavy atom. The molecule has 0 aliphatic carbocycles. The largest absolute Gasteiger partial charge is 0.504 e.